The Morgan fingerprint density at radius 2 is 2.12 bits per heavy atom. The summed E-state index contributed by atoms with van der Waals surface area (Å²) in [5.74, 6) is 0.895. The lowest BCUT2D eigenvalue weighted by Crippen LogP contribution is -2.41. The number of likely N-dealkylation sites (tertiary alicyclic amines) is 1. The average Bonchev–Trinajstić information content (AvgIpc) is 3.18. The van der Waals surface area contributed by atoms with Gasteiger partial charge in [-0.1, -0.05) is 0 Å². The second-order valence-electron chi connectivity index (χ2n) is 7.42. The van der Waals surface area contributed by atoms with Crippen molar-refractivity contribution in [3.8, 4) is 0 Å². The fourth-order valence-electron chi connectivity index (χ4n) is 4.36. The van der Waals surface area contributed by atoms with Crippen molar-refractivity contribution in [1.29, 1.82) is 0 Å². The van der Waals surface area contributed by atoms with Gasteiger partial charge in [-0.15, -0.1) is 0 Å². The van der Waals surface area contributed by atoms with Crippen LogP contribution in [0.4, 0.5) is 0 Å². The number of amides is 1. The van der Waals surface area contributed by atoms with Crippen molar-refractivity contribution in [3.63, 3.8) is 0 Å². The van der Waals surface area contributed by atoms with Gasteiger partial charge >= 0.3 is 0 Å². The molecule has 1 aromatic heterocycles. The first kappa shape index (κ1) is 16.1. The molecule has 1 amide bonds. The summed E-state index contributed by atoms with van der Waals surface area (Å²) in [6.07, 6.45) is 7.02. The molecule has 6 nitrogen and oxygen atoms in total. The summed E-state index contributed by atoms with van der Waals surface area (Å²) >= 11 is 0. The van der Waals surface area contributed by atoms with Crippen molar-refractivity contribution in [2.75, 3.05) is 32.8 Å². The molecule has 6 heteroatoms. The maximum absolute atomic E-state index is 11.9. The molecule has 0 aromatic carbocycles. The predicted octanol–water partition coefficient (Wildman–Crippen LogP) is 1.51. The van der Waals surface area contributed by atoms with E-state index in [0.717, 1.165) is 78.0 Å². The highest BCUT2D eigenvalue weighted by molar-refractivity contribution is 5.77. The smallest absolute Gasteiger partial charge is 0.222 e. The van der Waals surface area contributed by atoms with Gasteiger partial charge in [0.25, 0.3) is 0 Å². The van der Waals surface area contributed by atoms with E-state index in [9.17, 15) is 4.79 Å². The van der Waals surface area contributed by atoms with Crippen molar-refractivity contribution in [1.82, 2.24) is 19.6 Å². The molecular weight excluding hydrogens is 304 g/mol. The van der Waals surface area contributed by atoms with Gasteiger partial charge in [0, 0.05) is 64.6 Å². The molecule has 0 saturated carbocycles. The summed E-state index contributed by atoms with van der Waals surface area (Å²) in [6, 6.07) is 2.77. The van der Waals surface area contributed by atoms with Crippen LogP contribution in [0.5, 0.6) is 0 Å². The van der Waals surface area contributed by atoms with Crippen LogP contribution < -0.4 is 0 Å². The minimum atomic E-state index is 0.338. The molecule has 132 valence electrons. The molecule has 2 saturated heterocycles. The predicted molar refractivity (Wildman–Crippen MR) is 90.4 cm³/mol. The third-order valence-corrected chi connectivity index (χ3v) is 5.78. The summed E-state index contributed by atoms with van der Waals surface area (Å²) < 4.78 is 7.72. The zero-order valence-electron chi connectivity index (χ0n) is 14.4. The molecule has 0 N–H and O–H groups in total. The van der Waals surface area contributed by atoms with Crippen LogP contribution in [0.1, 0.15) is 37.8 Å². The number of aromatic nitrogens is 2. The molecule has 24 heavy (non-hydrogen) atoms. The van der Waals surface area contributed by atoms with E-state index < -0.39 is 0 Å². The Kier molecular flexibility index (Phi) is 4.85. The quantitative estimate of drug-likeness (QED) is 0.839. The Labute approximate surface area is 143 Å². The van der Waals surface area contributed by atoms with E-state index in [1.54, 1.807) is 0 Å². The Morgan fingerprint density at radius 1 is 1.25 bits per heavy atom. The number of nitrogens with zero attached hydrogens (tertiary/aromatic N) is 4. The van der Waals surface area contributed by atoms with Crippen molar-refractivity contribution in [3.05, 3.63) is 18.0 Å². The van der Waals surface area contributed by atoms with E-state index in [1.165, 1.54) is 5.69 Å². The van der Waals surface area contributed by atoms with E-state index in [4.69, 9.17) is 4.74 Å². The minimum absolute atomic E-state index is 0.338. The highest BCUT2D eigenvalue weighted by Gasteiger charge is 2.29. The number of hydrogen-bond acceptors (Lipinski definition) is 4. The van der Waals surface area contributed by atoms with Crippen LogP contribution in [-0.4, -0.2) is 64.4 Å². The van der Waals surface area contributed by atoms with Crippen LogP contribution in [0.15, 0.2) is 12.3 Å². The number of hydrogen-bond donors (Lipinski definition) is 0. The molecule has 2 fully saturated rings. The van der Waals surface area contributed by atoms with E-state index in [2.05, 4.69) is 20.7 Å². The standard InChI is InChI=1S/C18H28N4O2/c23-18-2-1-8-20(18)9-4-15-12-21(16-5-10-24-11-6-16)14-17-3-7-19-22(17)13-15/h3,7,15-16H,1-2,4-6,8-14H2. The molecule has 0 bridgehead atoms. The van der Waals surface area contributed by atoms with Crippen LogP contribution in [-0.2, 0) is 22.6 Å². The monoisotopic (exact) mass is 332 g/mol. The molecule has 0 radical (unpaired) electrons. The molecule has 1 atom stereocenters. The number of fused-ring (bicyclic) bond motifs is 1. The van der Waals surface area contributed by atoms with Gasteiger partial charge in [0.05, 0.1) is 5.69 Å². The molecule has 4 rings (SSSR count). The minimum Gasteiger partial charge on any atom is -0.381 e. The topological polar surface area (TPSA) is 50.6 Å². The third-order valence-electron chi connectivity index (χ3n) is 5.78. The Bertz CT molecular complexity index is 567. The van der Waals surface area contributed by atoms with Crippen molar-refractivity contribution >= 4 is 5.91 Å². The number of carbonyl (C=O) groups excluding carboxylic acids is 1. The first-order chi connectivity index (χ1) is 11.8. The maximum atomic E-state index is 11.9. The molecule has 3 aliphatic rings. The lowest BCUT2D eigenvalue weighted by Gasteiger charge is -2.35. The Hall–Kier alpha value is -1.40. The van der Waals surface area contributed by atoms with E-state index in [1.807, 2.05) is 11.1 Å². The fourth-order valence-corrected chi connectivity index (χ4v) is 4.36. The second kappa shape index (κ2) is 7.23. The fraction of sp³-hybridized carbons (Fsp3) is 0.778. The lowest BCUT2D eigenvalue weighted by molar-refractivity contribution is -0.127. The van der Waals surface area contributed by atoms with E-state index in [0.29, 0.717) is 17.9 Å². The van der Waals surface area contributed by atoms with Crippen LogP contribution in [0.2, 0.25) is 0 Å². The number of ether oxygens (including phenoxy) is 1. The molecule has 1 aromatic rings. The molecule has 0 spiro atoms. The molecular formula is C18H28N4O2. The van der Waals surface area contributed by atoms with Crippen LogP contribution >= 0.6 is 0 Å². The van der Waals surface area contributed by atoms with Crippen molar-refractivity contribution in [2.45, 2.75) is 51.2 Å². The lowest BCUT2D eigenvalue weighted by atomic mass is 10.0. The zero-order chi connectivity index (χ0) is 16.4. The normalized spacial score (nSPS) is 26.6. The molecule has 0 aliphatic carbocycles. The van der Waals surface area contributed by atoms with Crippen LogP contribution in [0.3, 0.4) is 0 Å². The van der Waals surface area contributed by atoms with Gasteiger partial charge in [0.1, 0.15) is 0 Å². The van der Waals surface area contributed by atoms with Crippen molar-refractivity contribution < 1.29 is 9.53 Å². The van der Waals surface area contributed by atoms with Gasteiger partial charge in [0.15, 0.2) is 0 Å². The summed E-state index contributed by atoms with van der Waals surface area (Å²) in [7, 11) is 0. The Balaban J connectivity index is 1.43. The number of carbonyl (C=O) groups is 1. The average molecular weight is 332 g/mol. The zero-order valence-corrected chi connectivity index (χ0v) is 14.4. The van der Waals surface area contributed by atoms with Crippen LogP contribution in [0, 0.1) is 5.92 Å². The maximum Gasteiger partial charge on any atom is 0.222 e. The summed E-state index contributed by atoms with van der Waals surface area (Å²) in [6.45, 7) is 6.69. The van der Waals surface area contributed by atoms with E-state index in [-0.39, 0.29) is 0 Å². The first-order valence-corrected chi connectivity index (χ1v) is 9.40. The first-order valence-electron chi connectivity index (χ1n) is 9.40. The Morgan fingerprint density at radius 3 is 2.92 bits per heavy atom. The van der Waals surface area contributed by atoms with Gasteiger partial charge in [-0.05, 0) is 37.7 Å². The van der Waals surface area contributed by atoms with Gasteiger partial charge in [0.2, 0.25) is 5.91 Å². The highest BCUT2D eigenvalue weighted by Crippen LogP contribution is 2.24. The highest BCUT2D eigenvalue weighted by atomic mass is 16.5. The summed E-state index contributed by atoms with van der Waals surface area (Å²) in [5.41, 5.74) is 1.32. The second-order valence-corrected chi connectivity index (χ2v) is 7.42. The third kappa shape index (κ3) is 3.49. The van der Waals surface area contributed by atoms with Gasteiger partial charge in [-0.2, -0.15) is 5.10 Å². The largest absolute Gasteiger partial charge is 0.381 e. The van der Waals surface area contributed by atoms with Crippen molar-refractivity contribution in [2.24, 2.45) is 5.92 Å². The van der Waals surface area contributed by atoms with Gasteiger partial charge < -0.3 is 9.64 Å². The SMILES string of the molecule is O=C1CCCN1CCC1CN(C2CCOCC2)Cc2ccnn2C1. The summed E-state index contributed by atoms with van der Waals surface area (Å²) in [4.78, 5) is 16.6. The van der Waals surface area contributed by atoms with Gasteiger partial charge in [-0.3, -0.25) is 14.4 Å². The molecule has 1 unspecified atom stereocenters. The number of rotatable bonds is 4. The molecule has 4 heterocycles. The summed E-state index contributed by atoms with van der Waals surface area (Å²) in [5, 5.41) is 4.53. The van der Waals surface area contributed by atoms with Crippen LogP contribution in [0.25, 0.3) is 0 Å². The van der Waals surface area contributed by atoms with E-state index >= 15 is 0 Å². The van der Waals surface area contributed by atoms with Gasteiger partial charge in [-0.25, -0.2) is 0 Å². The molecule has 3 aliphatic heterocycles.